The molecular weight excluding hydrogens is 316 g/mol. The van der Waals surface area contributed by atoms with Crippen LogP contribution >= 0.6 is 0 Å². The number of carbonyl (C=O) groups excluding carboxylic acids is 1. The van der Waals surface area contributed by atoms with Crippen LogP contribution in [0.1, 0.15) is 43.5 Å². The molecule has 2 fully saturated rings. The van der Waals surface area contributed by atoms with E-state index in [1.54, 1.807) is 6.20 Å². The van der Waals surface area contributed by atoms with Gasteiger partial charge in [-0.3, -0.25) is 9.69 Å². The lowest BCUT2D eigenvalue weighted by Crippen LogP contribution is -2.50. The van der Waals surface area contributed by atoms with Crippen LogP contribution in [0.4, 0.5) is 5.82 Å². The minimum absolute atomic E-state index is 0.0997. The molecule has 1 amide bonds. The lowest BCUT2D eigenvalue weighted by atomic mass is 10.1. The minimum Gasteiger partial charge on any atom is -0.379 e. The van der Waals surface area contributed by atoms with Crippen molar-refractivity contribution in [3.05, 3.63) is 23.9 Å². The molecule has 6 heteroatoms. The van der Waals surface area contributed by atoms with E-state index in [2.05, 4.69) is 29.0 Å². The van der Waals surface area contributed by atoms with Gasteiger partial charge in [-0.15, -0.1) is 0 Å². The van der Waals surface area contributed by atoms with Crippen molar-refractivity contribution in [1.29, 1.82) is 0 Å². The Bertz CT molecular complexity index is 574. The molecule has 1 N–H and O–H groups in total. The molecule has 0 saturated carbocycles. The summed E-state index contributed by atoms with van der Waals surface area (Å²) < 4.78 is 5.52. The van der Waals surface area contributed by atoms with Gasteiger partial charge < -0.3 is 15.0 Å². The van der Waals surface area contributed by atoms with Gasteiger partial charge in [0.25, 0.3) is 5.91 Å². The molecule has 0 aromatic carbocycles. The number of hydrogen-bond acceptors (Lipinski definition) is 5. The number of nitrogens with zero attached hydrogens (tertiary/aromatic N) is 3. The molecule has 0 aliphatic carbocycles. The Morgan fingerprint density at radius 3 is 2.92 bits per heavy atom. The molecule has 2 aliphatic rings. The molecule has 6 nitrogen and oxygen atoms in total. The van der Waals surface area contributed by atoms with E-state index in [1.807, 2.05) is 17.0 Å². The first-order valence-corrected chi connectivity index (χ1v) is 9.48. The molecule has 0 unspecified atom stereocenters. The van der Waals surface area contributed by atoms with Crippen LogP contribution in [0.25, 0.3) is 0 Å². The quantitative estimate of drug-likeness (QED) is 0.886. The maximum atomic E-state index is 12.8. The molecule has 1 aromatic rings. The summed E-state index contributed by atoms with van der Waals surface area (Å²) in [5, 5.41) is 3.41. The van der Waals surface area contributed by atoms with E-state index < -0.39 is 0 Å². The maximum absolute atomic E-state index is 12.8. The van der Waals surface area contributed by atoms with Crippen molar-refractivity contribution in [3.8, 4) is 0 Å². The van der Waals surface area contributed by atoms with Crippen molar-refractivity contribution in [2.24, 2.45) is 0 Å². The Labute approximate surface area is 150 Å². The third-order valence-electron chi connectivity index (χ3n) is 5.23. The smallest absolute Gasteiger partial charge is 0.257 e. The predicted octanol–water partition coefficient (Wildman–Crippen LogP) is 2.23. The Balaban J connectivity index is 1.63. The van der Waals surface area contributed by atoms with Crippen LogP contribution < -0.4 is 5.32 Å². The maximum Gasteiger partial charge on any atom is 0.257 e. The zero-order chi connectivity index (χ0) is 17.6. The fourth-order valence-electron chi connectivity index (χ4n) is 3.74. The van der Waals surface area contributed by atoms with Gasteiger partial charge >= 0.3 is 0 Å². The van der Waals surface area contributed by atoms with Crippen LogP contribution in [0.5, 0.6) is 0 Å². The molecule has 2 saturated heterocycles. The highest BCUT2D eigenvalue weighted by molar-refractivity contribution is 5.98. The van der Waals surface area contributed by atoms with E-state index in [-0.39, 0.29) is 5.91 Å². The standard InChI is InChI=1S/C19H30N4O2/c1-15(23-11-12-25-14-16(23)2)13-21-18-17(7-6-8-20-18)19(24)22-9-4-3-5-10-22/h6-8,15-16H,3-5,9-14H2,1-2H3,(H,20,21)/t15-,16+/m1/s1. The fraction of sp³-hybridized carbons (Fsp3) is 0.684. The van der Waals surface area contributed by atoms with E-state index >= 15 is 0 Å². The second kappa shape index (κ2) is 8.63. The first-order chi connectivity index (χ1) is 12.2. The summed E-state index contributed by atoms with van der Waals surface area (Å²) in [6, 6.07) is 4.51. The van der Waals surface area contributed by atoms with Crippen LogP contribution in [0, 0.1) is 0 Å². The number of pyridine rings is 1. The first-order valence-electron chi connectivity index (χ1n) is 9.48. The van der Waals surface area contributed by atoms with E-state index in [9.17, 15) is 4.79 Å². The van der Waals surface area contributed by atoms with Crippen molar-refractivity contribution in [2.45, 2.75) is 45.2 Å². The van der Waals surface area contributed by atoms with Crippen molar-refractivity contribution >= 4 is 11.7 Å². The van der Waals surface area contributed by atoms with Gasteiger partial charge in [0.1, 0.15) is 5.82 Å². The number of rotatable bonds is 5. The van der Waals surface area contributed by atoms with E-state index in [4.69, 9.17) is 4.74 Å². The third-order valence-corrected chi connectivity index (χ3v) is 5.23. The number of piperidine rings is 1. The van der Waals surface area contributed by atoms with Crippen LogP contribution in [-0.2, 0) is 4.74 Å². The highest BCUT2D eigenvalue weighted by atomic mass is 16.5. The predicted molar refractivity (Wildman–Crippen MR) is 98.9 cm³/mol. The average molecular weight is 346 g/mol. The summed E-state index contributed by atoms with van der Waals surface area (Å²) in [6.45, 7) is 9.41. The number of amides is 1. The van der Waals surface area contributed by atoms with Gasteiger partial charge in [0.05, 0.1) is 18.8 Å². The lowest BCUT2D eigenvalue weighted by Gasteiger charge is -2.38. The third kappa shape index (κ3) is 4.50. The largest absolute Gasteiger partial charge is 0.379 e. The molecule has 0 spiro atoms. The zero-order valence-corrected chi connectivity index (χ0v) is 15.4. The van der Waals surface area contributed by atoms with Gasteiger partial charge in [0.2, 0.25) is 0 Å². The summed E-state index contributed by atoms with van der Waals surface area (Å²) in [6.07, 6.45) is 5.16. The topological polar surface area (TPSA) is 57.7 Å². The Morgan fingerprint density at radius 1 is 1.36 bits per heavy atom. The number of carbonyl (C=O) groups is 1. The molecule has 0 radical (unpaired) electrons. The SMILES string of the molecule is C[C@H](CNc1ncccc1C(=O)N1CCCCC1)N1CCOC[C@@H]1C. The molecule has 1 aromatic heterocycles. The summed E-state index contributed by atoms with van der Waals surface area (Å²) >= 11 is 0. The number of likely N-dealkylation sites (tertiary alicyclic amines) is 1. The van der Waals surface area contributed by atoms with E-state index in [0.29, 0.717) is 23.5 Å². The number of nitrogens with one attached hydrogen (secondary N) is 1. The number of ether oxygens (including phenoxy) is 1. The minimum atomic E-state index is 0.0997. The van der Waals surface area contributed by atoms with E-state index in [0.717, 1.165) is 52.2 Å². The van der Waals surface area contributed by atoms with Gasteiger partial charge in [0, 0.05) is 44.5 Å². The van der Waals surface area contributed by atoms with Crippen LogP contribution in [0.3, 0.4) is 0 Å². The molecular formula is C19H30N4O2. The van der Waals surface area contributed by atoms with Crippen LogP contribution in [0.15, 0.2) is 18.3 Å². The van der Waals surface area contributed by atoms with Crippen LogP contribution in [0.2, 0.25) is 0 Å². The summed E-state index contributed by atoms with van der Waals surface area (Å²) in [5.41, 5.74) is 0.687. The Hall–Kier alpha value is -1.66. The Morgan fingerprint density at radius 2 is 2.16 bits per heavy atom. The molecule has 3 heterocycles. The van der Waals surface area contributed by atoms with E-state index in [1.165, 1.54) is 6.42 Å². The fourth-order valence-corrected chi connectivity index (χ4v) is 3.74. The van der Waals surface area contributed by atoms with Gasteiger partial charge in [-0.05, 0) is 45.2 Å². The van der Waals surface area contributed by atoms with Crippen molar-refractivity contribution in [2.75, 3.05) is 44.7 Å². The second-order valence-corrected chi connectivity index (χ2v) is 7.14. The highest BCUT2D eigenvalue weighted by Gasteiger charge is 2.25. The lowest BCUT2D eigenvalue weighted by molar-refractivity contribution is -0.0159. The summed E-state index contributed by atoms with van der Waals surface area (Å²) in [5.74, 6) is 0.800. The zero-order valence-electron chi connectivity index (χ0n) is 15.4. The Kier molecular flexibility index (Phi) is 6.26. The van der Waals surface area contributed by atoms with Gasteiger partial charge in [-0.1, -0.05) is 0 Å². The molecule has 138 valence electrons. The van der Waals surface area contributed by atoms with Crippen LogP contribution in [-0.4, -0.2) is 72.2 Å². The van der Waals surface area contributed by atoms with Gasteiger partial charge in [-0.2, -0.15) is 0 Å². The van der Waals surface area contributed by atoms with Gasteiger partial charge in [0.15, 0.2) is 0 Å². The monoisotopic (exact) mass is 346 g/mol. The average Bonchev–Trinajstić information content (AvgIpc) is 2.67. The number of anilines is 1. The number of morpholine rings is 1. The molecule has 3 rings (SSSR count). The summed E-state index contributed by atoms with van der Waals surface area (Å²) in [4.78, 5) is 21.7. The molecule has 0 bridgehead atoms. The molecule has 2 aliphatic heterocycles. The molecule has 2 atom stereocenters. The van der Waals surface area contributed by atoms with Gasteiger partial charge in [-0.25, -0.2) is 4.98 Å². The molecule has 25 heavy (non-hydrogen) atoms. The second-order valence-electron chi connectivity index (χ2n) is 7.14. The van der Waals surface area contributed by atoms with Crippen molar-refractivity contribution < 1.29 is 9.53 Å². The van der Waals surface area contributed by atoms with Crippen molar-refractivity contribution in [3.63, 3.8) is 0 Å². The highest BCUT2D eigenvalue weighted by Crippen LogP contribution is 2.19. The summed E-state index contributed by atoms with van der Waals surface area (Å²) in [7, 11) is 0. The number of aromatic nitrogens is 1. The normalized spacial score (nSPS) is 23.3. The first kappa shape index (κ1) is 18.1. The number of hydrogen-bond donors (Lipinski definition) is 1. The van der Waals surface area contributed by atoms with Crippen molar-refractivity contribution in [1.82, 2.24) is 14.8 Å².